The fraction of sp³-hybridized carbons (Fsp3) is 0.429. The fourth-order valence-corrected chi connectivity index (χ4v) is 3.96. The van der Waals surface area contributed by atoms with Crippen LogP contribution in [0.15, 0.2) is 40.1 Å². The van der Waals surface area contributed by atoms with Crippen molar-refractivity contribution >= 4 is 11.8 Å². The van der Waals surface area contributed by atoms with Crippen LogP contribution in [0.25, 0.3) is 11.1 Å². The van der Waals surface area contributed by atoms with Gasteiger partial charge in [-0.25, -0.2) is 4.99 Å². The third-order valence-corrected chi connectivity index (χ3v) is 5.61. The fourth-order valence-electron chi connectivity index (χ4n) is 3.96. The maximum Gasteiger partial charge on any atom is 0.257 e. The third-order valence-electron chi connectivity index (χ3n) is 5.61. The van der Waals surface area contributed by atoms with Crippen LogP contribution >= 0.6 is 0 Å². The first-order valence-corrected chi connectivity index (χ1v) is 9.65. The van der Waals surface area contributed by atoms with Crippen LogP contribution in [0.4, 0.5) is 5.82 Å². The summed E-state index contributed by atoms with van der Waals surface area (Å²) in [6, 6.07) is 10.6. The van der Waals surface area contributed by atoms with E-state index in [0.717, 1.165) is 54.2 Å². The minimum absolute atomic E-state index is 0.0805. The summed E-state index contributed by atoms with van der Waals surface area (Å²) in [4.78, 5) is 22.7. The Balaban J connectivity index is 1.63. The zero-order valence-corrected chi connectivity index (χ0v) is 16.0. The molecule has 2 aliphatic rings. The van der Waals surface area contributed by atoms with E-state index in [4.69, 9.17) is 10.7 Å². The number of nitrogens with one attached hydrogen (secondary N) is 2. The van der Waals surface area contributed by atoms with Crippen LogP contribution in [0, 0.1) is 6.92 Å². The Morgan fingerprint density at radius 3 is 2.63 bits per heavy atom. The topological polar surface area (TPSA) is 86.5 Å². The quantitative estimate of drug-likeness (QED) is 0.764. The molecule has 0 bridgehead atoms. The van der Waals surface area contributed by atoms with Gasteiger partial charge < -0.3 is 20.9 Å². The number of nitrogens with zero attached hydrogens (tertiary/aromatic N) is 2. The van der Waals surface area contributed by atoms with Crippen molar-refractivity contribution in [3.05, 3.63) is 51.8 Å². The second-order valence-electron chi connectivity index (χ2n) is 7.73. The van der Waals surface area contributed by atoms with E-state index in [2.05, 4.69) is 15.2 Å². The monoisotopic (exact) mass is 365 g/mol. The maximum absolute atomic E-state index is 12.7. The Morgan fingerprint density at radius 1 is 1.15 bits per heavy atom. The van der Waals surface area contributed by atoms with Gasteiger partial charge in [-0.2, -0.15) is 0 Å². The molecular weight excluding hydrogens is 338 g/mol. The van der Waals surface area contributed by atoms with E-state index < -0.39 is 0 Å². The number of guanidine groups is 1. The second-order valence-corrected chi connectivity index (χ2v) is 7.73. The van der Waals surface area contributed by atoms with E-state index in [0.29, 0.717) is 24.2 Å². The number of hydrogen-bond acceptors (Lipinski definition) is 3. The van der Waals surface area contributed by atoms with Gasteiger partial charge >= 0.3 is 0 Å². The molecule has 0 saturated heterocycles. The average Bonchev–Trinajstić information content (AvgIpc) is 2.65. The summed E-state index contributed by atoms with van der Waals surface area (Å²) < 4.78 is 0. The van der Waals surface area contributed by atoms with E-state index in [9.17, 15) is 4.79 Å². The minimum Gasteiger partial charge on any atom is -0.341 e. The molecule has 1 aromatic heterocycles. The predicted molar refractivity (Wildman–Crippen MR) is 110 cm³/mol. The molecule has 1 aliphatic heterocycles. The van der Waals surface area contributed by atoms with Crippen LogP contribution in [0.5, 0.6) is 0 Å². The van der Waals surface area contributed by atoms with Crippen molar-refractivity contribution in [1.82, 2.24) is 9.88 Å². The highest BCUT2D eigenvalue weighted by molar-refractivity contribution is 5.95. The van der Waals surface area contributed by atoms with Crippen LogP contribution in [0.3, 0.4) is 0 Å². The van der Waals surface area contributed by atoms with Crippen molar-refractivity contribution in [2.24, 2.45) is 10.7 Å². The smallest absolute Gasteiger partial charge is 0.257 e. The molecule has 27 heavy (non-hydrogen) atoms. The second kappa shape index (κ2) is 7.19. The standard InChI is InChI=1S/C21H27N5O/c1-13-5-3-4-6-17(13)18-11-14-12-26(2)21(25-19(14)24-20(18)27)23-16-9-7-15(22)8-10-16/h3-6,11,15-16H,7-10,12,22H2,1-2H3,(H2,23,24,25,27). The SMILES string of the molecule is Cc1ccccc1-c1cc2c([nH]c1=O)NC(=NC1CCC(N)CC1)N(C)C2. The van der Waals surface area contributed by atoms with Crippen molar-refractivity contribution in [2.75, 3.05) is 12.4 Å². The molecule has 0 unspecified atom stereocenters. The molecule has 2 aromatic rings. The number of H-pyrrole nitrogens is 1. The van der Waals surface area contributed by atoms with Crippen molar-refractivity contribution in [2.45, 2.75) is 51.2 Å². The summed E-state index contributed by atoms with van der Waals surface area (Å²) in [5, 5.41) is 3.33. The number of rotatable bonds is 2. The number of benzene rings is 1. The van der Waals surface area contributed by atoms with Gasteiger partial charge in [-0.15, -0.1) is 0 Å². The summed E-state index contributed by atoms with van der Waals surface area (Å²) in [5.74, 6) is 1.57. The van der Waals surface area contributed by atoms with Gasteiger partial charge in [-0.05, 0) is 49.8 Å². The van der Waals surface area contributed by atoms with Gasteiger partial charge in [0.15, 0.2) is 5.96 Å². The predicted octanol–water partition coefficient (Wildman–Crippen LogP) is 2.83. The molecule has 4 N–H and O–H groups in total. The highest BCUT2D eigenvalue weighted by Crippen LogP contribution is 2.27. The zero-order valence-electron chi connectivity index (χ0n) is 16.0. The molecule has 1 fully saturated rings. The van der Waals surface area contributed by atoms with Crippen LogP contribution in [0.2, 0.25) is 0 Å². The Hall–Kier alpha value is -2.60. The van der Waals surface area contributed by atoms with Crippen LogP contribution < -0.4 is 16.6 Å². The number of hydrogen-bond donors (Lipinski definition) is 3. The minimum atomic E-state index is -0.0805. The Kier molecular flexibility index (Phi) is 4.74. The Labute approximate surface area is 159 Å². The van der Waals surface area contributed by atoms with E-state index in [1.165, 1.54) is 0 Å². The summed E-state index contributed by atoms with van der Waals surface area (Å²) in [6.07, 6.45) is 4.10. The molecule has 1 aromatic carbocycles. The van der Waals surface area contributed by atoms with Gasteiger partial charge in [0.1, 0.15) is 5.82 Å². The first-order chi connectivity index (χ1) is 13.0. The first kappa shape index (κ1) is 17.8. The molecule has 1 aliphatic carbocycles. The summed E-state index contributed by atoms with van der Waals surface area (Å²) >= 11 is 0. The number of anilines is 1. The molecule has 142 valence electrons. The molecule has 0 radical (unpaired) electrons. The zero-order chi connectivity index (χ0) is 19.0. The van der Waals surface area contributed by atoms with Gasteiger partial charge in [0.25, 0.3) is 5.56 Å². The molecule has 0 amide bonds. The molecule has 2 heterocycles. The normalized spacial score (nSPS) is 23.8. The molecular formula is C21H27N5O. The van der Waals surface area contributed by atoms with E-state index in [1.807, 2.05) is 44.3 Å². The third kappa shape index (κ3) is 3.62. The van der Waals surface area contributed by atoms with Crippen molar-refractivity contribution < 1.29 is 0 Å². The van der Waals surface area contributed by atoms with Gasteiger partial charge in [0, 0.05) is 30.8 Å². The lowest BCUT2D eigenvalue weighted by Crippen LogP contribution is -2.40. The lowest BCUT2D eigenvalue weighted by Gasteiger charge is -2.31. The molecule has 1 saturated carbocycles. The van der Waals surface area contributed by atoms with Crippen molar-refractivity contribution in [3.63, 3.8) is 0 Å². The molecule has 0 spiro atoms. The largest absolute Gasteiger partial charge is 0.341 e. The number of aromatic amines is 1. The Bertz CT molecular complexity index is 924. The summed E-state index contributed by atoms with van der Waals surface area (Å²) in [5.41, 5.74) is 9.77. The van der Waals surface area contributed by atoms with Gasteiger partial charge in [0.2, 0.25) is 0 Å². The van der Waals surface area contributed by atoms with Crippen LogP contribution in [-0.4, -0.2) is 35.0 Å². The highest BCUT2D eigenvalue weighted by Gasteiger charge is 2.24. The van der Waals surface area contributed by atoms with Gasteiger partial charge in [-0.1, -0.05) is 24.3 Å². The van der Waals surface area contributed by atoms with Crippen molar-refractivity contribution in [1.29, 1.82) is 0 Å². The average molecular weight is 365 g/mol. The van der Waals surface area contributed by atoms with E-state index >= 15 is 0 Å². The summed E-state index contributed by atoms with van der Waals surface area (Å²) in [6.45, 7) is 2.74. The molecule has 4 rings (SSSR count). The Morgan fingerprint density at radius 2 is 1.89 bits per heavy atom. The molecule has 6 nitrogen and oxygen atoms in total. The van der Waals surface area contributed by atoms with E-state index in [-0.39, 0.29) is 5.56 Å². The highest BCUT2D eigenvalue weighted by atomic mass is 16.1. The molecule has 0 atom stereocenters. The number of pyridine rings is 1. The lowest BCUT2D eigenvalue weighted by atomic mass is 9.92. The van der Waals surface area contributed by atoms with Gasteiger partial charge in [0.05, 0.1) is 6.04 Å². The lowest BCUT2D eigenvalue weighted by molar-refractivity contribution is 0.389. The number of aliphatic imine (C=N–C) groups is 1. The maximum atomic E-state index is 12.7. The number of nitrogens with two attached hydrogens (primary N) is 1. The van der Waals surface area contributed by atoms with Gasteiger partial charge in [-0.3, -0.25) is 4.79 Å². The first-order valence-electron chi connectivity index (χ1n) is 9.65. The summed E-state index contributed by atoms with van der Waals surface area (Å²) in [7, 11) is 2.03. The van der Waals surface area contributed by atoms with Crippen molar-refractivity contribution in [3.8, 4) is 11.1 Å². The number of aromatic nitrogens is 1. The van der Waals surface area contributed by atoms with Crippen LogP contribution in [-0.2, 0) is 6.54 Å². The van der Waals surface area contributed by atoms with E-state index in [1.54, 1.807) is 0 Å². The molecule has 6 heteroatoms. The van der Waals surface area contributed by atoms with Crippen LogP contribution in [0.1, 0.15) is 36.8 Å². The number of fused-ring (bicyclic) bond motifs is 1. The number of aryl methyl sites for hydroxylation is 1.